The topological polar surface area (TPSA) is 35.2 Å². The molecule has 0 aliphatic heterocycles. The number of ether oxygens (including phenoxy) is 1. The van der Waals surface area contributed by atoms with E-state index in [-0.39, 0.29) is 12.4 Å². The highest BCUT2D eigenvalue weighted by Gasteiger charge is 2.00. The second-order valence-electron chi connectivity index (χ2n) is 3.35. The molecule has 0 amide bonds. The Morgan fingerprint density at radius 3 is 2.67 bits per heavy atom. The highest BCUT2D eigenvalue weighted by molar-refractivity contribution is 5.85. The molecule has 0 spiro atoms. The van der Waals surface area contributed by atoms with Crippen LogP contribution in [0.1, 0.15) is 25.3 Å². The van der Waals surface area contributed by atoms with E-state index in [2.05, 4.69) is 13.0 Å². The van der Waals surface area contributed by atoms with Gasteiger partial charge in [-0.3, -0.25) is 0 Å². The Balaban J connectivity index is 0.00000196. The summed E-state index contributed by atoms with van der Waals surface area (Å²) in [6.07, 6.45) is 3.16. The van der Waals surface area contributed by atoms with Crippen LogP contribution in [0.15, 0.2) is 24.3 Å². The molecule has 0 heterocycles. The van der Waals surface area contributed by atoms with Gasteiger partial charge in [0.15, 0.2) is 0 Å². The number of nitrogens with two attached hydrogens (primary N) is 1. The van der Waals surface area contributed by atoms with Gasteiger partial charge in [-0.15, -0.1) is 12.4 Å². The van der Waals surface area contributed by atoms with Crippen molar-refractivity contribution in [3.8, 4) is 5.75 Å². The monoisotopic (exact) mass is 229 g/mol. The Hall–Kier alpha value is -0.730. The van der Waals surface area contributed by atoms with Crippen LogP contribution in [0.25, 0.3) is 0 Å². The smallest absolute Gasteiger partial charge is 0.122 e. The summed E-state index contributed by atoms with van der Waals surface area (Å²) in [4.78, 5) is 0. The van der Waals surface area contributed by atoms with Crippen LogP contribution in [0.5, 0.6) is 5.75 Å². The molecule has 0 radical (unpaired) electrons. The third-order valence-corrected chi connectivity index (χ3v) is 2.14. The van der Waals surface area contributed by atoms with Crippen molar-refractivity contribution in [3.63, 3.8) is 0 Å². The van der Waals surface area contributed by atoms with Crippen LogP contribution in [0.3, 0.4) is 0 Å². The van der Waals surface area contributed by atoms with Crippen molar-refractivity contribution in [3.05, 3.63) is 29.8 Å². The van der Waals surface area contributed by atoms with Crippen LogP contribution >= 0.6 is 12.4 Å². The van der Waals surface area contributed by atoms with Gasteiger partial charge in [-0.1, -0.05) is 31.5 Å². The fraction of sp³-hybridized carbons (Fsp3) is 0.500. The van der Waals surface area contributed by atoms with E-state index in [1.807, 2.05) is 18.2 Å². The minimum Gasteiger partial charge on any atom is -0.493 e. The zero-order valence-electron chi connectivity index (χ0n) is 9.24. The van der Waals surface area contributed by atoms with E-state index < -0.39 is 0 Å². The van der Waals surface area contributed by atoms with E-state index in [0.717, 1.165) is 25.2 Å². The molecule has 0 aliphatic carbocycles. The third kappa shape index (κ3) is 5.05. The molecule has 0 aromatic heterocycles. The molecule has 0 saturated heterocycles. The SMILES string of the molecule is CCCCOc1ccccc1CCN.Cl. The molecule has 2 N–H and O–H groups in total. The van der Waals surface area contributed by atoms with Crippen molar-refractivity contribution in [2.75, 3.05) is 13.2 Å². The summed E-state index contributed by atoms with van der Waals surface area (Å²) in [5.41, 5.74) is 6.74. The van der Waals surface area contributed by atoms with Crippen molar-refractivity contribution in [2.45, 2.75) is 26.2 Å². The number of para-hydroxylation sites is 1. The fourth-order valence-electron chi connectivity index (χ4n) is 1.33. The molecule has 0 saturated carbocycles. The average Bonchev–Trinajstić information content (AvgIpc) is 2.21. The van der Waals surface area contributed by atoms with Gasteiger partial charge in [-0.2, -0.15) is 0 Å². The first-order chi connectivity index (χ1) is 6.88. The first-order valence-corrected chi connectivity index (χ1v) is 5.29. The van der Waals surface area contributed by atoms with E-state index in [9.17, 15) is 0 Å². The minimum atomic E-state index is 0. The number of unbranched alkanes of at least 4 members (excludes halogenated alkanes) is 1. The largest absolute Gasteiger partial charge is 0.493 e. The summed E-state index contributed by atoms with van der Waals surface area (Å²) in [6.45, 7) is 3.64. The van der Waals surface area contributed by atoms with E-state index >= 15 is 0 Å². The highest BCUT2D eigenvalue weighted by Crippen LogP contribution is 2.18. The van der Waals surface area contributed by atoms with Crippen LogP contribution in [0.2, 0.25) is 0 Å². The summed E-state index contributed by atoms with van der Waals surface area (Å²) < 4.78 is 5.67. The van der Waals surface area contributed by atoms with E-state index in [0.29, 0.717) is 6.54 Å². The molecule has 0 aliphatic rings. The molecule has 0 unspecified atom stereocenters. The van der Waals surface area contributed by atoms with Gasteiger partial charge in [-0.05, 0) is 31.0 Å². The van der Waals surface area contributed by atoms with Gasteiger partial charge in [0.25, 0.3) is 0 Å². The van der Waals surface area contributed by atoms with Crippen molar-refractivity contribution in [1.29, 1.82) is 0 Å². The van der Waals surface area contributed by atoms with Crippen LogP contribution in [0, 0.1) is 0 Å². The van der Waals surface area contributed by atoms with E-state index in [1.165, 1.54) is 12.0 Å². The predicted molar refractivity (Wildman–Crippen MR) is 66.9 cm³/mol. The molecule has 1 aromatic rings. The third-order valence-electron chi connectivity index (χ3n) is 2.14. The summed E-state index contributed by atoms with van der Waals surface area (Å²) in [6, 6.07) is 8.12. The summed E-state index contributed by atoms with van der Waals surface area (Å²) in [5, 5.41) is 0. The molecule has 3 heteroatoms. The van der Waals surface area contributed by atoms with Crippen molar-refractivity contribution < 1.29 is 4.74 Å². The second-order valence-corrected chi connectivity index (χ2v) is 3.35. The molecule has 0 fully saturated rings. The highest BCUT2D eigenvalue weighted by atomic mass is 35.5. The van der Waals surface area contributed by atoms with Gasteiger partial charge in [0.2, 0.25) is 0 Å². The summed E-state index contributed by atoms with van der Waals surface area (Å²) in [5.74, 6) is 0.992. The lowest BCUT2D eigenvalue weighted by atomic mass is 10.1. The second kappa shape index (κ2) is 8.57. The lowest BCUT2D eigenvalue weighted by molar-refractivity contribution is 0.306. The van der Waals surface area contributed by atoms with E-state index in [1.54, 1.807) is 0 Å². The maximum Gasteiger partial charge on any atom is 0.122 e. The molecule has 0 bridgehead atoms. The van der Waals surface area contributed by atoms with Crippen molar-refractivity contribution >= 4 is 12.4 Å². The van der Waals surface area contributed by atoms with Gasteiger partial charge < -0.3 is 10.5 Å². The van der Waals surface area contributed by atoms with Gasteiger partial charge >= 0.3 is 0 Å². The number of hydrogen-bond donors (Lipinski definition) is 1. The molecule has 15 heavy (non-hydrogen) atoms. The molecule has 0 atom stereocenters. The van der Waals surface area contributed by atoms with Gasteiger partial charge in [0, 0.05) is 0 Å². The summed E-state index contributed by atoms with van der Waals surface area (Å²) in [7, 11) is 0. The Kier molecular flexibility index (Phi) is 8.15. The Labute approximate surface area is 98.2 Å². The van der Waals surface area contributed by atoms with Gasteiger partial charge in [0.1, 0.15) is 5.75 Å². The normalized spacial score (nSPS) is 9.47. The number of halogens is 1. The van der Waals surface area contributed by atoms with Crippen LogP contribution < -0.4 is 10.5 Å². The Morgan fingerprint density at radius 1 is 1.27 bits per heavy atom. The summed E-state index contributed by atoms with van der Waals surface area (Å²) >= 11 is 0. The van der Waals surface area contributed by atoms with Crippen LogP contribution in [0.4, 0.5) is 0 Å². The molecule has 1 aromatic carbocycles. The molecule has 86 valence electrons. The Morgan fingerprint density at radius 2 is 2.00 bits per heavy atom. The quantitative estimate of drug-likeness (QED) is 0.762. The van der Waals surface area contributed by atoms with E-state index in [4.69, 9.17) is 10.5 Å². The lowest BCUT2D eigenvalue weighted by Gasteiger charge is -2.09. The molecular formula is C12H20ClNO. The van der Waals surface area contributed by atoms with Crippen LogP contribution in [-0.2, 0) is 6.42 Å². The minimum absolute atomic E-state index is 0. The first kappa shape index (κ1) is 14.3. The lowest BCUT2D eigenvalue weighted by Crippen LogP contribution is -2.05. The average molecular weight is 230 g/mol. The number of benzene rings is 1. The van der Waals surface area contributed by atoms with Gasteiger partial charge in [-0.25, -0.2) is 0 Å². The molecule has 2 nitrogen and oxygen atoms in total. The maximum absolute atomic E-state index is 5.67. The maximum atomic E-state index is 5.67. The van der Waals surface area contributed by atoms with Crippen molar-refractivity contribution in [1.82, 2.24) is 0 Å². The fourth-order valence-corrected chi connectivity index (χ4v) is 1.33. The number of rotatable bonds is 6. The zero-order valence-corrected chi connectivity index (χ0v) is 10.1. The molecule has 1 rings (SSSR count). The predicted octanol–water partition coefficient (Wildman–Crippen LogP) is 2.79. The first-order valence-electron chi connectivity index (χ1n) is 5.29. The van der Waals surface area contributed by atoms with Crippen LogP contribution in [-0.4, -0.2) is 13.2 Å². The Bertz CT molecular complexity index is 266. The van der Waals surface area contributed by atoms with Gasteiger partial charge in [0.05, 0.1) is 6.61 Å². The van der Waals surface area contributed by atoms with Crippen molar-refractivity contribution in [2.24, 2.45) is 5.73 Å². The molecular weight excluding hydrogens is 210 g/mol. The number of hydrogen-bond acceptors (Lipinski definition) is 2. The standard InChI is InChI=1S/C12H19NO.ClH/c1-2-3-10-14-12-7-5-4-6-11(12)8-9-13;/h4-7H,2-3,8-10,13H2,1H3;1H. The zero-order chi connectivity index (χ0) is 10.2.